The molecule has 0 radical (unpaired) electrons. The monoisotopic (exact) mass is 450 g/mol. The largest absolute Gasteiger partial charge is 0.329 e. The van der Waals surface area contributed by atoms with E-state index in [1.807, 2.05) is 7.05 Å². The zero-order valence-electron chi connectivity index (χ0n) is 16.0. The van der Waals surface area contributed by atoms with Crippen LogP contribution in [0.15, 0.2) is 24.3 Å². The molecule has 1 aromatic carbocycles. The Bertz CT molecular complexity index is 370. The lowest BCUT2D eigenvalue weighted by Crippen LogP contribution is -2.43. The second-order valence-electron chi connectivity index (χ2n) is 5.87. The van der Waals surface area contributed by atoms with Gasteiger partial charge in [-0.25, -0.2) is 0 Å². The second kappa shape index (κ2) is 23.3. The number of aryl methyl sites for hydroxylation is 1. The van der Waals surface area contributed by atoms with Crippen LogP contribution in [0.3, 0.4) is 0 Å². The highest BCUT2D eigenvalue weighted by atomic mass is 35.5. The lowest BCUT2D eigenvalue weighted by Gasteiger charge is -2.19. The predicted molar refractivity (Wildman–Crippen MR) is 125 cm³/mol. The molecule has 0 aliphatic carbocycles. The molecular weight excluding hydrogens is 414 g/mol. The van der Waals surface area contributed by atoms with E-state index < -0.39 is 0 Å². The number of hydrogen-bond acceptors (Lipinski definition) is 4. The SMILES string of the molecule is CCCCc1ccc(CC(CNCCN)NCCNC)cc1.Cl.Cl.Cl.Cl. The van der Waals surface area contributed by atoms with E-state index in [0.717, 1.165) is 32.6 Å². The summed E-state index contributed by atoms with van der Waals surface area (Å²) in [6.07, 6.45) is 4.77. The number of halogens is 4. The molecule has 0 aliphatic rings. The molecule has 8 heteroatoms. The molecule has 0 saturated heterocycles. The van der Waals surface area contributed by atoms with Crippen molar-refractivity contribution in [3.05, 3.63) is 35.4 Å². The first-order valence-electron chi connectivity index (χ1n) is 8.66. The van der Waals surface area contributed by atoms with Crippen LogP contribution in [0.1, 0.15) is 30.9 Å². The number of benzene rings is 1. The average molecular weight is 452 g/mol. The van der Waals surface area contributed by atoms with Gasteiger partial charge in [-0.05, 0) is 37.4 Å². The van der Waals surface area contributed by atoms with Gasteiger partial charge in [-0.3, -0.25) is 0 Å². The fourth-order valence-corrected chi connectivity index (χ4v) is 2.50. The molecule has 0 amide bonds. The van der Waals surface area contributed by atoms with Crippen LogP contribution < -0.4 is 21.7 Å². The van der Waals surface area contributed by atoms with Gasteiger partial charge < -0.3 is 21.7 Å². The maximum atomic E-state index is 5.55. The van der Waals surface area contributed by atoms with E-state index in [1.54, 1.807) is 0 Å². The summed E-state index contributed by atoms with van der Waals surface area (Å²) in [5, 5.41) is 10.2. The summed E-state index contributed by atoms with van der Waals surface area (Å²) in [5.41, 5.74) is 8.40. The molecule has 158 valence electrons. The van der Waals surface area contributed by atoms with Crippen LogP contribution in [-0.2, 0) is 12.8 Å². The van der Waals surface area contributed by atoms with Gasteiger partial charge in [0.1, 0.15) is 0 Å². The van der Waals surface area contributed by atoms with E-state index in [1.165, 1.54) is 30.4 Å². The van der Waals surface area contributed by atoms with Gasteiger partial charge in [0.2, 0.25) is 0 Å². The van der Waals surface area contributed by atoms with E-state index in [4.69, 9.17) is 5.73 Å². The highest BCUT2D eigenvalue weighted by Gasteiger charge is 2.08. The summed E-state index contributed by atoms with van der Waals surface area (Å²) in [5.74, 6) is 0. The molecule has 1 atom stereocenters. The van der Waals surface area contributed by atoms with Crippen LogP contribution >= 0.6 is 49.6 Å². The number of likely N-dealkylation sites (N-methyl/N-ethyl adjacent to an activating group) is 1. The molecule has 1 rings (SSSR count). The van der Waals surface area contributed by atoms with Crippen LogP contribution in [0.4, 0.5) is 0 Å². The fraction of sp³-hybridized carbons (Fsp3) is 0.667. The lowest BCUT2D eigenvalue weighted by molar-refractivity contribution is 0.471. The van der Waals surface area contributed by atoms with Gasteiger partial charge in [0.25, 0.3) is 0 Å². The number of nitrogens with two attached hydrogens (primary N) is 1. The molecule has 0 bridgehead atoms. The molecule has 0 saturated carbocycles. The van der Waals surface area contributed by atoms with E-state index in [-0.39, 0.29) is 49.6 Å². The number of nitrogens with one attached hydrogen (secondary N) is 3. The van der Waals surface area contributed by atoms with E-state index >= 15 is 0 Å². The molecule has 0 aliphatic heterocycles. The Morgan fingerprint density at radius 3 is 2.08 bits per heavy atom. The summed E-state index contributed by atoms with van der Waals surface area (Å²) < 4.78 is 0. The third kappa shape index (κ3) is 16.4. The Balaban J connectivity index is -0.000000605. The van der Waals surface area contributed by atoms with Crippen molar-refractivity contribution in [1.29, 1.82) is 0 Å². The Hall–Kier alpha value is 0.220. The number of unbranched alkanes of at least 4 members (excludes halogenated alkanes) is 1. The Morgan fingerprint density at radius 2 is 1.54 bits per heavy atom. The minimum absolute atomic E-state index is 0. The van der Waals surface area contributed by atoms with Crippen molar-refractivity contribution in [2.24, 2.45) is 5.73 Å². The van der Waals surface area contributed by atoms with Crippen molar-refractivity contribution in [3.8, 4) is 0 Å². The first-order valence-corrected chi connectivity index (χ1v) is 8.66. The summed E-state index contributed by atoms with van der Waals surface area (Å²) >= 11 is 0. The predicted octanol–water partition coefficient (Wildman–Crippen LogP) is 2.98. The van der Waals surface area contributed by atoms with Crippen LogP contribution in [0, 0.1) is 0 Å². The van der Waals surface area contributed by atoms with Gasteiger partial charge in [-0.2, -0.15) is 0 Å². The maximum Gasteiger partial charge on any atom is 0.0233 e. The number of rotatable bonds is 13. The van der Waals surface area contributed by atoms with Gasteiger partial charge in [-0.1, -0.05) is 37.6 Å². The smallest absolute Gasteiger partial charge is 0.0233 e. The van der Waals surface area contributed by atoms with Crippen LogP contribution in [0.2, 0.25) is 0 Å². The Kier molecular flexibility index (Phi) is 30.2. The van der Waals surface area contributed by atoms with Crippen molar-refractivity contribution >= 4 is 49.6 Å². The molecule has 1 unspecified atom stereocenters. The molecule has 1 aromatic rings. The molecule has 0 fully saturated rings. The Labute approximate surface area is 184 Å². The van der Waals surface area contributed by atoms with E-state index in [0.29, 0.717) is 12.6 Å². The van der Waals surface area contributed by atoms with Crippen molar-refractivity contribution in [2.45, 2.75) is 38.6 Å². The van der Waals surface area contributed by atoms with E-state index in [9.17, 15) is 0 Å². The van der Waals surface area contributed by atoms with Gasteiger partial charge in [0.05, 0.1) is 0 Å². The molecular formula is C18H38Cl4N4. The quantitative estimate of drug-likeness (QED) is 0.348. The topological polar surface area (TPSA) is 62.1 Å². The minimum Gasteiger partial charge on any atom is -0.329 e. The third-order valence-electron chi connectivity index (χ3n) is 3.84. The first-order chi connectivity index (χ1) is 10.8. The van der Waals surface area contributed by atoms with Crippen molar-refractivity contribution in [3.63, 3.8) is 0 Å². The lowest BCUT2D eigenvalue weighted by atomic mass is 10.0. The molecule has 0 aromatic heterocycles. The normalized spacial score (nSPS) is 10.6. The van der Waals surface area contributed by atoms with Crippen LogP contribution in [0.25, 0.3) is 0 Å². The van der Waals surface area contributed by atoms with Gasteiger partial charge in [0, 0.05) is 38.8 Å². The molecule has 26 heavy (non-hydrogen) atoms. The van der Waals surface area contributed by atoms with Gasteiger partial charge >= 0.3 is 0 Å². The molecule has 5 N–H and O–H groups in total. The molecule has 0 heterocycles. The standard InChI is InChI=1S/C18H34N4.4ClH/c1-3-4-5-16-6-8-17(9-7-16)14-18(15-21-11-10-19)22-13-12-20-2;;;;/h6-9,18,20-22H,3-5,10-15,19H2,1-2H3;4*1H. The summed E-state index contributed by atoms with van der Waals surface area (Å²) in [7, 11) is 1.98. The van der Waals surface area contributed by atoms with E-state index in [2.05, 4.69) is 47.1 Å². The minimum atomic E-state index is 0. The maximum absolute atomic E-state index is 5.55. The zero-order valence-corrected chi connectivity index (χ0v) is 19.2. The molecule has 4 nitrogen and oxygen atoms in total. The number of hydrogen-bond donors (Lipinski definition) is 4. The fourth-order valence-electron chi connectivity index (χ4n) is 2.50. The summed E-state index contributed by atoms with van der Waals surface area (Å²) in [6.45, 7) is 6.74. The second-order valence-corrected chi connectivity index (χ2v) is 5.87. The van der Waals surface area contributed by atoms with Gasteiger partial charge in [-0.15, -0.1) is 49.6 Å². The van der Waals surface area contributed by atoms with Crippen molar-refractivity contribution in [1.82, 2.24) is 16.0 Å². The highest BCUT2D eigenvalue weighted by Crippen LogP contribution is 2.09. The van der Waals surface area contributed by atoms with Crippen LogP contribution in [-0.4, -0.2) is 45.8 Å². The van der Waals surface area contributed by atoms with Gasteiger partial charge in [0.15, 0.2) is 0 Å². The first kappa shape index (κ1) is 33.8. The van der Waals surface area contributed by atoms with Crippen LogP contribution in [0.5, 0.6) is 0 Å². The van der Waals surface area contributed by atoms with Crippen molar-refractivity contribution in [2.75, 3.05) is 39.8 Å². The summed E-state index contributed by atoms with van der Waals surface area (Å²) in [6, 6.07) is 9.56. The summed E-state index contributed by atoms with van der Waals surface area (Å²) in [4.78, 5) is 0. The van der Waals surface area contributed by atoms with Crippen molar-refractivity contribution < 1.29 is 0 Å². The Morgan fingerprint density at radius 1 is 0.923 bits per heavy atom. The average Bonchev–Trinajstić information content (AvgIpc) is 2.54. The third-order valence-corrected chi connectivity index (χ3v) is 3.84. The molecule has 0 spiro atoms. The highest BCUT2D eigenvalue weighted by molar-refractivity contribution is 5.86. The zero-order chi connectivity index (χ0) is 16.0.